The van der Waals surface area contributed by atoms with Crippen LogP contribution in [0.15, 0.2) is 54.7 Å². The second-order valence-corrected chi connectivity index (χ2v) is 11.1. The van der Waals surface area contributed by atoms with Crippen molar-refractivity contribution in [3.63, 3.8) is 0 Å². The van der Waals surface area contributed by atoms with E-state index in [0.29, 0.717) is 42.4 Å². The molecule has 1 N–H and O–H groups in total. The van der Waals surface area contributed by atoms with Crippen molar-refractivity contribution < 1.29 is 23.3 Å². The number of aromatic nitrogens is 1. The lowest BCUT2D eigenvalue weighted by Gasteiger charge is -2.31. The topological polar surface area (TPSA) is 71.9 Å². The summed E-state index contributed by atoms with van der Waals surface area (Å²) in [6.45, 7) is 11.6. The van der Waals surface area contributed by atoms with Crippen molar-refractivity contribution in [3.8, 4) is 22.8 Å². The van der Waals surface area contributed by atoms with Crippen molar-refractivity contribution in [2.75, 3.05) is 13.3 Å². The Balaban J connectivity index is 1.92. The van der Waals surface area contributed by atoms with Gasteiger partial charge in [-0.2, -0.15) is 0 Å². The zero-order valence-electron chi connectivity index (χ0n) is 22.5. The molecule has 0 amide bonds. The van der Waals surface area contributed by atoms with Crippen LogP contribution in [0.4, 0.5) is 4.39 Å². The largest absolute Gasteiger partial charge is 0.489 e. The average molecular weight is 529 g/mol. The maximum atomic E-state index is 14.9. The van der Waals surface area contributed by atoms with Gasteiger partial charge in [-0.25, -0.2) is 9.37 Å². The van der Waals surface area contributed by atoms with E-state index in [0.717, 1.165) is 22.3 Å². The molecule has 2 unspecified atom stereocenters. The molecule has 0 aliphatic carbocycles. The lowest BCUT2D eigenvalue weighted by atomic mass is 9.96. The van der Waals surface area contributed by atoms with Gasteiger partial charge < -0.3 is 14.4 Å². The Labute approximate surface area is 220 Å². The minimum absolute atomic E-state index is 0.0314. The van der Waals surface area contributed by atoms with E-state index in [1.54, 1.807) is 6.07 Å². The van der Waals surface area contributed by atoms with Crippen LogP contribution in [0.1, 0.15) is 57.2 Å². The van der Waals surface area contributed by atoms with Gasteiger partial charge in [0.05, 0.1) is 13.3 Å². The second-order valence-electron chi connectivity index (χ2n) is 9.92. The summed E-state index contributed by atoms with van der Waals surface area (Å²) in [5, 5.41) is 0. The molecule has 6 nitrogen and oxygen atoms in total. The number of halogens is 1. The summed E-state index contributed by atoms with van der Waals surface area (Å²) < 4.78 is 37.5. The molecule has 0 saturated carbocycles. The van der Waals surface area contributed by atoms with E-state index in [1.807, 2.05) is 43.3 Å². The zero-order valence-corrected chi connectivity index (χ0v) is 23.5. The number of ether oxygens (including phenoxy) is 2. The molecular formula is C29H38FN2O4P. The van der Waals surface area contributed by atoms with Crippen LogP contribution < -0.4 is 9.47 Å². The van der Waals surface area contributed by atoms with E-state index in [2.05, 4.69) is 43.6 Å². The van der Waals surface area contributed by atoms with Crippen molar-refractivity contribution in [1.29, 1.82) is 0 Å². The normalized spacial score (nSPS) is 13.3. The van der Waals surface area contributed by atoms with Gasteiger partial charge in [0.1, 0.15) is 18.2 Å². The molecule has 200 valence electrons. The molecule has 2 aromatic carbocycles. The second kappa shape index (κ2) is 13.2. The highest BCUT2D eigenvalue weighted by Crippen LogP contribution is 2.32. The van der Waals surface area contributed by atoms with E-state index >= 15 is 0 Å². The molecule has 37 heavy (non-hydrogen) atoms. The predicted molar refractivity (Wildman–Crippen MR) is 147 cm³/mol. The van der Waals surface area contributed by atoms with Gasteiger partial charge in [-0.05, 0) is 68.0 Å². The number of hydrogen-bond acceptors (Lipinski definition) is 5. The summed E-state index contributed by atoms with van der Waals surface area (Å²) in [5.74, 6) is 0.627. The minimum Gasteiger partial charge on any atom is -0.489 e. The maximum Gasteiger partial charge on any atom is 0.213 e. The summed E-state index contributed by atoms with van der Waals surface area (Å²) in [5.41, 5.74) is 4.17. The van der Waals surface area contributed by atoms with Crippen LogP contribution in [0.5, 0.6) is 11.6 Å². The molecule has 1 heterocycles. The lowest BCUT2D eigenvalue weighted by molar-refractivity contribution is 0.166. The molecule has 0 saturated heterocycles. The monoisotopic (exact) mass is 528 g/mol. The Bertz CT molecular complexity index is 1210. The third kappa shape index (κ3) is 7.88. The summed E-state index contributed by atoms with van der Waals surface area (Å²) in [6, 6.07) is 15.8. The van der Waals surface area contributed by atoms with Crippen LogP contribution in [0.3, 0.4) is 0 Å². The molecule has 2 atom stereocenters. The summed E-state index contributed by atoms with van der Waals surface area (Å²) in [4.78, 5) is 15.6. The average Bonchev–Trinajstić information content (AvgIpc) is 2.86. The van der Waals surface area contributed by atoms with Gasteiger partial charge in [0.15, 0.2) is 8.03 Å². The third-order valence-electron chi connectivity index (χ3n) is 6.49. The predicted octanol–water partition coefficient (Wildman–Crippen LogP) is 6.66. The van der Waals surface area contributed by atoms with E-state index < -0.39 is 13.8 Å². The summed E-state index contributed by atoms with van der Waals surface area (Å²) >= 11 is 0. The van der Waals surface area contributed by atoms with Crippen molar-refractivity contribution in [3.05, 3.63) is 77.2 Å². The first kappa shape index (κ1) is 28.8. The van der Waals surface area contributed by atoms with Gasteiger partial charge in [0.25, 0.3) is 0 Å². The van der Waals surface area contributed by atoms with Gasteiger partial charge in [-0.15, -0.1) is 0 Å². The van der Waals surface area contributed by atoms with E-state index in [9.17, 15) is 13.8 Å². The van der Waals surface area contributed by atoms with Gasteiger partial charge in [0, 0.05) is 36.4 Å². The SMILES string of the molecule is COc1cc(-c2ccc(COc3cccc(C(C)C[PH](=O)O)c3)cc2CN(C(C)C)C(C)C)c(F)cn1. The van der Waals surface area contributed by atoms with Crippen molar-refractivity contribution in [2.24, 2.45) is 0 Å². The smallest absolute Gasteiger partial charge is 0.213 e. The van der Waals surface area contributed by atoms with E-state index in [4.69, 9.17) is 9.47 Å². The molecular weight excluding hydrogens is 490 g/mol. The molecule has 3 aromatic rings. The van der Waals surface area contributed by atoms with Crippen LogP contribution in [-0.4, -0.2) is 40.1 Å². The van der Waals surface area contributed by atoms with Crippen LogP contribution in [-0.2, 0) is 17.7 Å². The Morgan fingerprint density at radius 3 is 2.41 bits per heavy atom. The Hall–Kier alpha value is -2.73. The van der Waals surface area contributed by atoms with Gasteiger partial charge in [0.2, 0.25) is 5.88 Å². The molecule has 0 bridgehead atoms. The lowest BCUT2D eigenvalue weighted by Crippen LogP contribution is -2.36. The van der Waals surface area contributed by atoms with Crippen LogP contribution in [0.2, 0.25) is 0 Å². The molecule has 0 aliphatic rings. The van der Waals surface area contributed by atoms with Gasteiger partial charge >= 0.3 is 0 Å². The first-order valence-electron chi connectivity index (χ1n) is 12.6. The fourth-order valence-electron chi connectivity index (χ4n) is 4.48. The van der Waals surface area contributed by atoms with E-state index in [1.165, 1.54) is 13.3 Å². The summed E-state index contributed by atoms with van der Waals surface area (Å²) in [6.07, 6.45) is 1.44. The van der Waals surface area contributed by atoms with Crippen LogP contribution in [0, 0.1) is 5.82 Å². The molecule has 3 rings (SSSR count). The number of benzene rings is 2. The van der Waals surface area contributed by atoms with Crippen LogP contribution >= 0.6 is 8.03 Å². The zero-order chi connectivity index (χ0) is 27.1. The fraction of sp³-hybridized carbons (Fsp3) is 0.414. The first-order chi connectivity index (χ1) is 17.6. The Morgan fingerprint density at radius 1 is 1.03 bits per heavy atom. The molecule has 0 radical (unpaired) electrons. The minimum atomic E-state index is -2.54. The highest BCUT2D eigenvalue weighted by molar-refractivity contribution is 7.38. The third-order valence-corrected chi connectivity index (χ3v) is 7.45. The molecule has 1 aromatic heterocycles. The highest BCUT2D eigenvalue weighted by atomic mass is 31.1. The standard InChI is InChI=1S/C29H38FN2O4P/c1-19(2)32(20(3)4)16-24-12-22(10-11-26(24)27-14-29(35-6)31-15-28(27)30)17-36-25-9-7-8-23(13-25)21(5)18-37(33)34/h7-15,19-21,37H,16-18H2,1-6H3,(H,33,34). The number of hydrogen-bond donors (Lipinski definition) is 1. The molecule has 8 heteroatoms. The summed E-state index contributed by atoms with van der Waals surface area (Å²) in [7, 11) is -1.02. The van der Waals surface area contributed by atoms with Crippen molar-refractivity contribution in [1.82, 2.24) is 9.88 Å². The molecule has 0 aliphatic heterocycles. The highest BCUT2D eigenvalue weighted by Gasteiger charge is 2.19. The molecule has 0 fully saturated rings. The Kier molecular flexibility index (Phi) is 10.3. The van der Waals surface area contributed by atoms with Crippen LogP contribution in [0.25, 0.3) is 11.1 Å². The Morgan fingerprint density at radius 2 is 1.76 bits per heavy atom. The number of nitrogens with zero attached hydrogens (tertiary/aromatic N) is 2. The number of methoxy groups -OCH3 is 1. The van der Waals surface area contributed by atoms with Crippen molar-refractivity contribution in [2.45, 2.75) is 65.8 Å². The van der Waals surface area contributed by atoms with Gasteiger partial charge in [-0.3, -0.25) is 9.46 Å². The first-order valence-corrected chi connectivity index (χ1v) is 14.2. The number of pyridine rings is 1. The maximum absolute atomic E-state index is 14.9. The van der Waals surface area contributed by atoms with E-state index in [-0.39, 0.29) is 12.1 Å². The van der Waals surface area contributed by atoms with Crippen molar-refractivity contribution >= 4 is 8.03 Å². The quantitative estimate of drug-likeness (QED) is 0.265. The number of rotatable bonds is 12. The van der Waals surface area contributed by atoms with Gasteiger partial charge in [-0.1, -0.05) is 37.3 Å². The fourth-order valence-corrected chi connectivity index (χ4v) is 5.24. The molecule has 0 spiro atoms.